The number of carbonyl (C=O) groups is 1. The van der Waals surface area contributed by atoms with Crippen LogP contribution in [0.5, 0.6) is 5.75 Å². The van der Waals surface area contributed by atoms with Gasteiger partial charge in [-0.15, -0.1) is 0 Å². The number of aryl methyl sites for hydroxylation is 1. The lowest BCUT2D eigenvalue weighted by molar-refractivity contribution is -0.127. The molecule has 7 heteroatoms. The Hall–Kier alpha value is -1.60. The average Bonchev–Trinajstić information content (AvgIpc) is 2.56. The van der Waals surface area contributed by atoms with Crippen molar-refractivity contribution in [2.24, 2.45) is 5.14 Å². The molecule has 6 nitrogen and oxygen atoms in total. The smallest absolute Gasteiger partial charge is 0.261 e. The number of sulfonamides is 1. The summed E-state index contributed by atoms with van der Waals surface area (Å²) < 4.78 is 28.8. The monoisotopic (exact) mass is 298 g/mol. The molecule has 2 rings (SSSR count). The van der Waals surface area contributed by atoms with Gasteiger partial charge in [-0.05, 0) is 43.9 Å². The standard InChI is InChI=1S/C13H18N2O4S/c1-9-5-6-10(12(8-9)20(14,17)18)19-11-4-2-3-7-15-13(11)16/h5-6,8,11H,2-4,7H2,1H3,(H,15,16)(H2,14,17,18). The predicted molar refractivity (Wildman–Crippen MR) is 73.8 cm³/mol. The Balaban J connectivity index is 2.31. The number of nitrogens with one attached hydrogen (secondary N) is 1. The molecule has 20 heavy (non-hydrogen) atoms. The summed E-state index contributed by atoms with van der Waals surface area (Å²) in [5.74, 6) is -0.0939. The summed E-state index contributed by atoms with van der Waals surface area (Å²) in [4.78, 5) is 11.7. The number of carbonyl (C=O) groups excluding carboxylic acids is 1. The van der Waals surface area contributed by atoms with Crippen molar-refractivity contribution in [2.75, 3.05) is 6.54 Å². The second kappa shape index (κ2) is 5.80. The van der Waals surface area contributed by atoms with Gasteiger partial charge in [0.15, 0.2) is 6.10 Å². The van der Waals surface area contributed by atoms with Crippen molar-refractivity contribution < 1.29 is 17.9 Å². The third-order valence-electron chi connectivity index (χ3n) is 3.16. The first-order valence-corrected chi connectivity index (χ1v) is 8.00. The van der Waals surface area contributed by atoms with Gasteiger partial charge in [0.2, 0.25) is 10.0 Å². The van der Waals surface area contributed by atoms with Gasteiger partial charge < -0.3 is 10.1 Å². The van der Waals surface area contributed by atoms with Crippen LogP contribution >= 0.6 is 0 Å². The highest BCUT2D eigenvalue weighted by Gasteiger charge is 2.25. The van der Waals surface area contributed by atoms with Crippen LogP contribution in [0.15, 0.2) is 23.1 Å². The van der Waals surface area contributed by atoms with Crippen LogP contribution in [-0.4, -0.2) is 27.0 Å². The van der Waals surface area contributed by atoms with E-state index in [0.717, 1.165) is 18.4 Å². The molecule has 1 heterocycles. The molecule has 1 aliphatic rings. The summed E-state index contributed by atoms with van der Waals surface area (Å²) in [6.45, 7) is 2.38. The highest BCUT2D eigenvalue weighted by molar-refractivity contribution is 7.89. The second-order valence-corrected chi connectivity index (χ2v) is 6.42. The van der Waals surface area contributed by atoms with Crippen LogP contribution in [0.4, 0.5) is 0 Å². The minimum atomic E-state index is -3.89. The molecule has 1 fully saturated rings. The van der Waals surface area contributed by atoms with Crippen molar-refractivity contribution in [1.82, 2.24) is 5.32 Å². The minimum absolute atomic E-state index is 0.0884. The van der Waals surface area contributed by atoms with Gasteiger partial charge in [0, 0.05) is 6.54 Å². The number of primary sulfonamides is 1. The summed E-state index contributed by atoms with van der Waals surface area (Å²) in [6, 6.07) is 4.70. The molecule has 0 bridgehead atoms. The van der Waals surface area contributed by atoms with E-state index in [0.29, 0.717) is 13.0 Å². The number of hydrogen-bond acceptors (Lipinski definition) is 4. The van der Waals surface area contributed by atoms with E-state index in [-0.39, 0.29) is 16.6 Å². The Morgan fingerprint density at radius 2 is 2.10 bits per heavy atom. The highest BCUT2D eigenvalue weighted by atomic mass is 32.2. The van der Waals surface area contributed by atoms with Crippen LogP contribution < -0.4 is 15.2 Å². The normalized spacial score (nSPS) is 20.1. The maximum Gasteiger partial charge on any atom is 0.261 e. The third-order valence-corrected chi connectivity index (χ3v) is 4.09. The Kier molecular flexibility index (Phi) is 4.29. The first kappa shape index (κ1) is 14.8. The van der Waals surface area contributed by atoms with E-state index in [9.17, 15) is 13.2 Å². The van der Waals surface area contributed by atoms with E-state index in [1.54, 1.807) is 13.0 Å². The average molecular weight is 298 g/mol. The lowest BCUT2D eigenvalue weighted by Gasteiger charge is -2.18. The number of rotatable bonds is 3. The zero-order valence-corrected chi connectivity index (χ0v) is 12.1. The molecule has 3 N–H and O–H groups in total. The number of hydrogen-bond donors (Lipinski definition) is 2. The third kappa shape index (κ3) is 3.49. The number of amides is 1. The van der Waals surface area contributed by atoms with Gasteiger partial charge in [0.05, 0.1) is 0 Å². The SMILES string of the molecule is Cc1ccc(OC2CCCCNC2=O)c(S(N)(=O)=O)c1. The summed E-state index contributed by atoms with van der Waals surface area (Å²) in [7, 11) is -3.89. The van der Waals surface area contributed by atoms with Crippen LogP contribution in [0.1, 0.15) is 24.8 Å². The molecule has 1 aliphatic heterocycles. The fraction of sp³-hybridized carbons (Fsp3) is 0.462. The van der Waals surface area contributed by atoms with Gasteiger partial charge in [-0.3, -0.25) is 4.79 Å². The molecule has 1 atom stereocenters. The first-order chi connectivity index (χ1) is 9.38. The zero-order chi connectivity index (χ0) is 14.8. The maximum atomic E-state index is 11.8. The minimum Gasteiger partial charge on any atom is -0.479 e. The van der Waals surface area contributed by atoms with E-state index in [1.807, 2.05) is 0 Å². The summed E-state index contributed by atoms with van der Waals surface area (Å²) in [5.41, 5.74) is 0.756. The molecule has 0 radical (unpaired) electrons. The Labute approximate surface area is 118 Å². The highest BCUT2D eigenvalue weighted by Crippen LogP contribution is 2.26. The van der Waals surface area contributed by atoms with Gasteiger partial charge in [-0.2, -0.15) is 0 Å². The Morgan fingerprint density at radius 1 is 1.35 bits per heavy atom. The lowest BCUT2D eigenvalue weighted by Crippen LogP contribution is -2.36. The topological polar surface area (TPSA) is 98.5 Å². The van der Waals surface area contributed by atoms with Gasteiger partial charge >= 0.3 is 0 Å². The van der Waals surface area contributed by atoms with E-state index in [1.165, 1.54) is 12.1 Å². The number of benzene rings is 1. The van der Waals surface area contributed by atoms with Crippen molar-refractivity contribution in [2.45, 2.75) is 37.2 Å². The molecule has 1 unspecified atom stereocenters. The number of nitrogens with two attached hydrogens (primary N) is 1. The van der Waals surface area contributed by atoms with Crippen molar-refractivity contribution in [3.63, 3.8) is 0 Å². The van der Waals surface area contributed by atoms with Crippen molar-refractivity contribution in [3.05, 3.63) is 23.8 Å². The van der Waals surface area contributed by atoms with Gasteiger partial charge in [-0.25, -0.2) is 13.6 Å². The molecule has 0 saturated carbocycles. The summed E-state index contributed by atoms with van der Waals surface area (Å²) in [5, 5.41) is 7.93. The molecule has 1 saturated heterocycles. The van der Waals surface area contributed by atoms with Crippen LogP contribution in [0.2, 0.25) is 0 Å². The molecule has 1 amide bonds. The Morgan fingerprint density at radius 3 is 2.80 bits per heavy atom. The van der Waals surface area contributed by atoms with Crippen molar-refractivity contribution >= 4 is 15.9 Å². The van der Waals surface area contributed by atoms with Crippen LogP contribution in [0, 0.1) is 6.92 Å². The summed E-state index contributed by atoms with van der Waals surface area (Å²) >= 11 is 0. The fourth-order valence-electron chi connectivity index (χ4n) is 2.11. The molecule has 1 aromatic rings. The quantitative estimate of drug-likeness (QED) is 0.857. The van der Waals surface area contributed by atoms with Gasteiger partial charge in [0.25, 0.3) is 5.91 Å². The zero-order valence-electron chi connectivity index (χ0n) is 11.3. The molecule has 1 aromatic carbocycles. The fourth-order valence-corrected chi connectivity index (χ4v) is 2.86. The lowest BCUT2D eigenvalue weighted by atomic mass is 10.2. The number of ether oxygens (including phenoxy) is 1. The van der Waals surface area contributed by atoms with E-state index < -0.39 is 16.1 Å². The van der Waals surface area contributed by atoms with E-state index in [2.05, 4.69) is 5.32 Å². The first-order valence-electron chi connectivity index (χ1n) is 6.46. The molecular formula is C13H18N2O4S. The van der Waals surface area contributed by atoms with Gasteiger partial charge in [-0.1, -0.05) is 6.07 Å². The Bertz CT molecular complexity index is 613. The maximum absolute atomic E-state index is 11.8. The van der Waals surface area contributed by atoms with Crippen molar-refractivity contribution in [3.8, 4) is 5.75 Å². The van der Waals surface area contributed by atoms with E-state index >= 15 is 0 Å². The predicted octanol–water partition coefficient (Wildman–Crippen LogP) is 0.690. The molecular weight excluding hydrogens is 280 g/mol. The van der Waals surface area contributed by atoms with E-state index in [4.69, 9.17) is 9.88 Å². The van der Waals surface area contributed by atoms with Crippen LogP contribution in [0.25, 0.3) is 0 Å². The molecule has 110 valence electrons. The molecule has 0 aromatic heterocycles. The molecule has 0 aliphatic carbocycles. The van der Waals surface area contributed by atoms with Crippen LogP contribution in [0.3, 0.4) is 0 Å². The van der Waals surface area contributed by atoms with Crippen LogP contribution in [-0.2, 0) is 14.8 Å². The molecule has 0 spiro atoms. The largest absolute Gasteiger partial charge is 0.479 e. The van der Waals surface area contributed by atoms with Crippen molar-refractivity contribution in [1.29, 1.82) is 0 Å². The van der Waals surface area contributed by atoms with Gasteiger partial charge in [0.1, 0.15) is 10.6 Å². The second-order valence-electron chi connectivity index (χ2n) is 4.89. The summed E-state index contributed by atoms with van der Waals surface area (Å²) in [6.07, 6.45) is 1.62.